The third-order valence-corrected chi connectivity index (χ3v) is 7.91. The molecule has 0 unspecified atom stereocenters. The van der Waals surface area contributed by atoms with Gasteiger partial charge in [0.05, 0.1) is 0 Å². The van der Waals surface area contributed by atoms with Crippen molar-refractivity contribution in [2.45, 2.75) is 75.6 Å². The third kappa shape index (κ3) is 4.49. The summed E-state index contributed by atoms with van der Waals surface area (Å²) in [6, 6.07) is 7.12. The average Bonchev–Trinajstić information content (AvgIpc) is 2.65. The number of hydrogen-bond acceptors (Lipinski definition) is 2. The lowest BCUT2D eigenvalue weighted by Gasteiger charge is -2.44. The summed E-state index contributed by atoms with van der Waals surface area (Å²) in [5.74, 6) is 0. The van der Waals surface area contributed by atoms with E-state index in [1.54, 1.807) is 10.5 Å². The summed E-state index contributed by atoms with van der Waals surface area (Å²) < 4.78 is 4.21. The Morgan fingerprint density at radius 1 is 1.08 bits per heavy atom. The second kappa shape index (κ2) is 8.14. The van der Waals surface area contributed by atoms with Gasteiger partial charge in [0.25, 0.3) is 0 Å². The molecule has 1 aliphatic heterocycles. The molecule has 1 aliphatic rings. The van der Waals surface area contributed by atoms with Crippen LogP contribution in [-0.2, 0) is 6.42 Å². The standard InChI is InChI=1S/C21H38N2S/c1-7-9-14-21(15-10-8-2)16-13-18-17-19(23(3)4)11-12-20(18)24(5,6)22-21/h11-12,17,22H,7-10,13-16H2,1-6H3. The van der Waals surface area contributed by atoms with Crippen LogP contribution >= 0.6 is 10.2 Å². The first-order chi connectivity index (χ1) is 11.3. The van der Waals surface area contributed by atoms with E-state index in [9.17, 15) is 0 Å². The molecule has 0 saturated heterocycles. The summed E-state index contributed by atoms with van der Waals surface area (Å²) in [7, 11) is 3.32. The molecule has 0 fully saturated rings. The van der Waals surface area contributed by atoms with E-state index in [2.05, 4.69) is 68.3 Å². The van der Waals surface area contributed by atoms with Gasteiger partial charge < -0.3 is 4.90 Å². The fourth-order valence-electron chi connectivity index (χ4n) is 4.07. The Hall–Kier alpha value is -0.670. The third-order valence-electron chi connectivity index (χ3n) is 5.47. The molecule has 0 bridgehead atoms. The summed E-state index contributed by atoms with van der Waals surface area (Å²) in [6.07, 6.45) is 15.3. The van der Waals surface area contributed by atoms with Crippen molar-refractivity contribution in [2.75, 3.05) is 31.5 Å². The number of nitrogens with zero attached hydrogens (tertiary/aromatic N) is 1. The van der Waals surface area contributed by atoms with Gasteiger partial charge in [-0.1, -0.05) is 39.5 Å². The van der Waals surface area contributed by atoms with Gasteiger partial charge in [-0.25, -0.2) is 0 Å². The second-order valence-electron chi connectivity index (χ2n) is 8.10. The van der Waals surface area contributed by atoms with Gasteiger partial charge in [0, 0.05) is 30.2 Å². The van der Waals surface area contributed by atoms with Crippen molar-refractivity contribution in [3.63, 3.8) is 0 Å². The molecule has 0 radical (unpaired) electrons. The second-order valence-corrected chi connectivity index (χ2v) is 11.4. The van der Waals surface area contributed by atoms with Gasteiger partial charge >= 0.3 is 0 Å². The van der Waals surface area contributed by atoms with Crippen molar-refractivity contribution in [2.24, 2.45) is 0 Å². The fourth-order valence-corrected chi connectivity index (χ4v) is 6.79. The summed E-state index contributed by atoms with van der Waals surface area (Å²) in [5.41, 5.74) is 3.24. The van der Waals surface area contributed by atoms with Crippen molar-refractivity contribution in [1.29, 1.82) is 0 Å². The summed E-state index contributed by atoms with van der Waals surface area (Å²) in [5, 5.41) is 0. The van der Waals surface area contributed by atoms with E-state index in [4.69, 9.17) is 0 Å². The van der Waals surface area contributed by atoms with Crippen LogP contribution in [0.25, 0.3) is 0 Å². The molecule has 1 aromatic carbocycles. The Kier molecular flexibility index (Phi) is 6.66. The minimum absolute atomic E-state index is 0.335. The van der Waals surface area contributed by atoms with E-state index in [1.165, 1.54) is 57.1 Å². The average molecular weight is 351 g/mol. The highest BCUT2D eigenvalue weighted by Gasteiger charge is 2.36. The molecule has 0 spiro atoms. The molecule has 24 heavy (non-hydrogen) atoms. The number of nitrogens with one attached hydrogen (secondary N) is 1. The first-order valence-electron chi connectivity index (χ1n) is 9.66. The number of unbranched alkanes of at least 4 members (excludes halogenated alkanes) is 2. The highest BCUT2D eigenvalue weighted by Crippen LogP contribution is 2.53. The SMILES string of the molecule is CCCCC1(CCCC)CCc2cc(N(C)C)ccc2S(C)(C)N1. The van der Waals surface area contributed by atoms with Crippen LogP contribution in [0, 0.1) is 0 Å². The van der Waals surface area contributed by atoms with E-state index < -0.39 is 10.2 Å². The topological polar surface area (TPSA) is 15.3 Å². The largest absolute Gasteiger partial charge is 0.378 e. The molecular weight excluding hydrogens is 312 g/mol. The Balaban J connectivity index is 2.35. The molecule has 0 amide bonds. The fraction of sp³-hybridized carbons (Fsp3) is 0.714. The quantitative estimate of drug-likeness (QED) is 0.674. The first-order valence-corrected chi connectivity index (χ1v) is 12.1. The molecule has 138 valence electrons. The zero-order chi connectivity index (χ0) is 17.8. The van der Waals surface area contributed by atoms with E-state index in [1.807, 2.05) is 0 Å². The molecule has 1 heterocycles. The lowest BCUT2D eigenvalue weighted by atomic mass is 9.83. The van der Waals surface area contributed by atoms with Crippen molar-refractivity contribution < 1.29 is 0 Å². The van der Waals surface area contributed by atoms with Crippen LogP contribution in [0.2, 0.25) is 0 Å². The van der Waals surface area contributed by atoms with Crippen LogP contribution in [-0.4, -0.2) is 32.1 Å². The zero-order valence-electron chi connectivity index (χ0n) is 16.7. The minimum atomic E-state index is -0.958. The molecular formula is C21H38N2S. The van der Waals surface area contributed by atoms with Crippen LogP contribution in [0.3, 0.4) is 0 Å². The van der Waals surface area contributed by atoms with Gasteiger partial charge in [0.15, 0.2) is 0 Å². The van der Waals surface area contributed by atoms with Gasteiger partial charge in [0.2, 0.25) is 0 Å². The molecule has 0 aliphatic carbocycles. The van der Waals surface area contributed by atoms with E-state index >= 15 is 0 Å². The van der Waals surface area contributed by atoms with E-state index in [-0.39, 0.29) is 0 Å². The summed E-state index contributed by atoms with van der Waals surface area (Å²) >= 11 is 0. The number of rotatable bonds is 7. The predicted molar refractivity (Wildman–Crippen MR) is 112 cm³/mol. The normalized spacial score (nSPS) is 20.1. The van der Waals surface area contributed by atoms with Crippen LogP contribution in [0.4, 0.5) is 5.69 Å². The molecule has 1 aromatic rings. The lowest BCUT2D eigenvalue weighted by molar-refractivity contribution is 0.298. The number of fused-ring (bicyclic) bond motifs is 1. The monoisotopic (exact) mass is 350 g/mol. The maximum atomic E-state index is 4.21. The van der Waals surface area contributed by atoms with Crippen molar-refractivity contribution in [1.82, 2.24) is 4.72 Å². The van der Waals surface area contributed by atoms with Crippen molar-refractivity contribution >= 4 is 15.9 Å². The maximum Gasteiger partial charge on any atom is 0.0364 e. The highest BCUT2D eigenvalue weighted by molar-refractivity contribution is 8.31. The first kappa shape index (κ1) is 19.7. The molecule has 0 saturated carbocycles. The van der Waals surface area contributed by atoms with Gasteiger partial charge in [-0.2, -0.15) is 10.2 Å². The van der Waals surface area contributed by atoms with Crippen LogP contribution < -0.4 is 9.62 Å². The summed E-state index contributed by atoms with van der Waals surface area (Å²) in [4.78, 5) is 3.80. The molecule has 2 rings (SSSR count). The van der Waals surface area contributed by atoms with E-state index in [0.717, 1.165) is 0 Å². The van der Waals surface area contributed by atoms with Crippen molar-refractivity contribution in [3.05, 3.63) is 23.8 Å². The predicted octanol–water partition coefficient (Wildman–Crippen LogP) is 5.75. The Morgan fingerprint density at radius 2 is 1.71 bits per heavy atom. The Morgan fingerprint density at radius 3 is 2.25 bits per heavy atom. The van der Waals surface area contributed by atoms with Crippen LogP contribution in [0.1, 0.15) is 64.4 Å². The molecule has 1 N–H and O–H groups in total. The smallest absolute Gasteiger partial charge is 0.0364 e. The van der Waals surface area contributed by atoms with Gasteiger partial charge in [-0.3, -0.25) is 4.72 Å². The van der Waals surface area contributed by atoms with Crippen LogP contribution in [0.15, 0.2) is 23.1 Å². The molecule has 3 heteroatoms. The number of hydrogen-bond donors (Lipinski definition) is 1. The summed E-state index contributed by atoms with van der Waals surface area (Å²) in [6.45, 7) is 4.64. The molecule has 2 nitrogen and oxygen atoms in total. The number of aryl methyl sites for hydroxylation is 1. The highest BCUT2D eigenvalue weighted by atomic mass is 32.3. The van der Waals surface area contributed by atoms with Gasteiger partial charge in [0.1, 0.15) is 0 Å². The molecule has 0 atom stereocenters. The van der Waals surface area contributed by atoms with Gasteiger partial charge in [-0.15, -0.1) is 0 Å². The number of benzene rings is 1. The number of anilines is 1. The van der Waals surface area contributed by atoms with E-state index in [0.29, 0.717) is 5.54 Å². The molecule has 0 aromatic heterocycles. The lowest BCUT2D eigenvalue weighted by Crippen LogP contribution is -2.45. The minimum Gasteiger partial charge on any atom is -0.378 e. The van der Waals surface area contributed by atoms with Crippen LogP contribution in [0.5, 0.6) is 0 Å². The maximum absolute atomic E-state index is 4.21. The Bertz CT molecular complexity index is 529. The zero-order valence-corrected chi connectivity index (χ0v) is 17.6. The van der Waals surface area contributed by atoms with Gasteiger partial charge in [-0.05, 0) is 62.0 Å². The Labute approximate surface area is 151 Å². The van der Waals surface area contributed by atoms with Crippen molar-refractivity contribution in [3.8, 4) is 0 Å².